The first kappa shape index (κ1) is 21.3. The van der Waals surface area contributed by atoms with Crippen LogP contribution in [0.3, 0.4) is 0 Å². The Morgan fingerprint density at radius 3 is 2.03 bits per heavy atom. The van der Waals surface area contributed by atoms with E-state index < -0.39 is 25.9 Å². The summed E-state index contributed by atoms with van der Waals surface area (Å²) in [6.07, 6.45) is 3.38. The summed E-state index contributed by atoms with van der Waals surface area (Å²) in [6, 6.07) is 12.0. The zero-order valence-electron chi connectivity index (χ0n) is 16.0. The molecule has 2 aromatic rings. The third-order valence-electron chi connectivity index (χ3n) is 4.54. The number of sulfone groups is 1. The molecule has 1 N–H and O–H groups in total. The summed E-state index contributed by atoms with van der Waals surface area (Å²) in [5, 5.41) is 2.73. The molecule has 1 aliphatic heterocycles. The predicted molar refractivity (Wildman–Crippen MR) is 109 cm³/mol. The van der Waals surface area contributed by atoms with E-state index >= 15 is 0 Å². The van der Waals surface area contributed by atoms with E-state index in [4.69, 9.17) is 4.74 Å². The Balaban J connectivity index is 1.64. The summed E-state index contributed by atoms with van der Waals surface area (Å²) < 4.78 is 53.5. The van der Waals surface area contributed by atoms with Gasteiger partial charge < -0.3 is 10.1 Å². The van der Waals surface area contributed by atoms with Gasteiger partial charge in [0.05, 0.1) is 11.2 Å². The van der Waals surface area contributed by atoms with Gasteiger partial charge in [0.1, 0.15) is 17.5 Å². The van der Waals surface area contributed by atoms with Crippen molar-refractivity contribution in [2.75, 3.05) is 24.4 Å². The Kier molecular flexibility index (Phi) is 5.97. The lowest BCUT2D eigenvalue weighted by Crippen LogP contribution is -2.42. The number of carbonyl (C=O) groups is 1. The molecule has 0 radical (unpaired) electrons. The topological polar surface area (TPSA) is 110 Å². The van der Waals surface area contributed by atoms with Crippen LogP contribution in [0.25, 0.3) is 0 Å². The minimum absolute atomic E-state index is 0.206. The van der Waals surface area contributed by atoms with Crippen molar-refractivity contribution in [3.8, 4) is 11.5 Å². The van der Waals surface area contributed by atoms with Crippen LogP contribution in [0.5, 0.6) is 11.5 Å². The molecule has 0 spiro atoms. The fraction of sp³-hybridized carbons (Fsp3) is 0.316. The number of rotatable bonds is 6. The third kappa shape index (κ3) is 5.34. The van der Waals surface area contributed by atoms with Gasteiger partial charge in [-0.05, 0) is 61.4 Å². The van der Waals surface area contributed by atoms with Gasteiger partial charge in [0.2, 0.25) is 15.9 Å². The second-order valence-electron chi connectivity index (χ2n) is 6.89. The van der Waals surface area contributed by atoms with Gasteiger partial charge in [-0.1, -0.05) is 0 Å². The van der Waals surface area contributed by atoms with Crippen LogP contribution < -0.4 is 10.1 Å². The Morgan fingerprint density at radius 2 is 1.52 bits per heavy atom. The molecular weight excluding hydrogens is 416 g/mol. The van der Waals surface area contributed by atoms with Crippen molar-refractivity contribution in [2.45, 2.75) is 23.8 Å². The molecule has 1 heterocycles. The van der Waals surface area contributed by atoms with E-state index in [0.29, 0.717) is 36.6 Å². The van der Waals surface area contributed by atoms with Crippen molar-refractivity contribution in [1.82, 2.24) is 4.31 Å². The number of carbonyl (C=O) groups excluding carboxylic acids is 1. The Hall–Kier alpha value is -2.43. The number of nitrogens with one attached hydrogen (secondary N) is 1. The van der Waals surface area contributed by atoms with Gasteiger partial charge in [-0.15, -0.1) is 0 Å². The summed E-state index contributed by atoms with van der Waals surface area (Å²) >= 11 is 0. The highest BCUT2D eigenvalue weighted by molar-refractivity contribution is 7.90. The first-order valence-electron chi connectivity index (χ1n) is 8.90. The minimum Gasteiger partial charge on any atom is -0.457 e. The number of anilines is 1. The molecule has 29 heavy (non-hydrogen) atoms. The average Bonchev–Trinajstić information content (AvgIpc) is 3.13. The molecule has 1 saturated heterocycles. The van der Waals surface area contributed by atoms with Crippen LogP contribution in [0.2, 0.25) is 0 Å². The van der Waals surface area contributed by atoms with Crippen LogP contribution >= 0.6 is 0 Å². The number of benzene rings is 2. The van der Waals surface area contributed by atoms with Gasteiger partial charge >= 0.3 is 0 Å². The number of hydrogen-bond donors (Lipinski definition) is 1. The molecule has 0 saturated carbocycles. The molecule has 0 aliphatic carbocycles. The maximum atomic E-state index is 12.5. The lowest BCUT2D eigenvalue weighted by molar-refractivity contribution is -0.119. The zero-order valence-corrected chi connectivity index (χ0v) is 17.7. The normalized spacial score (nSPS) is 17.8. The summed E-state index contributed by atoms with van der Waals surface area (Å²) in [6.45, 7) is 0.349. The highest BCUT2D eigenvalue weighted by Crippen LogP contribution is 2.26. The molecule has 2 aromatic carbocycles. The van der Waals surface area contributed by atoms with E-state index in [0.717, 1.165) is 12.5 Å². The van der Waals surface area contributed by atoms with Crippen molar-refractivity contribution in [2.24, 2.45) is 0 Å². The maximum absolute atomic E-state index is 12.5. The van der Waals surface area contributed by atoms with Crippen LogP contribution in [0, 0.1) is 0 Å². The number of amides is 1. The van der Waals surface area contributed by atoms with Gasteiger partial charge in [0.15, 0.2) is 9.84 Å². The highest BCUT2D eigenvalue weighted by atomic mass is 32.2. The predicted octanol–water partition coefficient (Wildman–Crippen LogP) is 2.24. The highest BCUT2D eigenvalue weighted by Gasteiger charge is 2.36. The maximum Gasteiger partial charge on any atom is 0.242 e. The van der Waals surface area contributed by atoms with E-state index in [1.807, 2.05) is 0 Å². The number of hydrogen-bond acceptors (Lipinski definition) is 6. The largest absolute Gasteiger partial charge is 0.457 e. The van der Waals surface area contributed by atoms with Crippen LogP contribution in [0.15, 0.2) is 53.4 Å². The van der Waals surface area contributed by atoms with Gasteiger partial charge in [0, 0.05) is 18.5 Å². The molecular formula is C19H22N2O6S2. The number of ether oxygens (including phenoxy) is 1. The van der Waals surface area contributed by atoms with Gasteiger partial charge in [-0.3, -0.25) is 4.79 Å². The van der Waals surface area contributed by atoms with Crippen LogP contribution in [-0.4, -0.2) is 52.1 Å². The lowest BCUT2D eigenvalue weighted by atomic mass is 10.2. The Morgan fingerprint density at radius 1 is 0.966 bits per heavy atom. The van der Waals surface area contributed by atoms with Crippen LogP contribution in [-0.2, 0) is 24.7 Å². The van der Waals surface area contributed by atoms with Crippen molar-refractivity contribution in [1.29, 1.82) is 0 Å². The van der Waals surface area contributed by atoms with Crippen LogP contribution in [0.1, 0.15) is 12.8 Å². The van der Waals surface area contributed by atoms with E-state index in [1.54, 1.807) is 36.4 Å². The lowest BCUT2D eigenvalue weighted by Gasteiger charge is -2.21. The molecule has 1 atom stereocenters. The molecule has 0 unspecified atom stereocenters. The third-order valence-corrected chi connectivity index (χ3v) is 6.96. The fourth-order valence-electron chi connectivity index (χ4n) is 3.12. The molecule has 3 rings (SSSR count). The summed E-state index contributed by atoms with van der Waals surface area (Å²) in [5.74, 6) is 0.621. The molecule has 8 nitrogen and oxygen atoms in total. The Labute approximate surface area is 170 Å². The molecule has 10 heteroatoms. The minimum atomic E-state index is -3.43. The van der Waals surface area contributed by atoms with E-state index in [-0.39, 0.29) is 10.8 Å². The van der Waals surface area contributed by atoms with Crippen molar-refractivity contribution in [3.63, 3.8) is 0 Å². The van der Waals surface area contributed by atoms with Gasteiger partial charge in [-0.2, -0.15) is 4.31 Å². The molecule has 1 aliphatic rings. The van der Waals surface area contributed by atoms with Crippen molar-refractivity contribution in [3.05, 3.63) is 48.5 Å². The van der Waals surface area contributed by atoms with Gasteiger partial charge in [-0.25, -0.2) is 16.8 Å². The van der Waals surface area contributed by atoms with E-state index in [1.165, 1.54) is 16.4 Å². The van der Waals surface area contributed by atoms with Gasteiger partial charge in [0.25, 0.3) is 0 Å². The summed E-state index contributed by atoms with van der Waals surface area (Å²) in [7, 11) is -6.69. The van der Waals surface area contributed by atoms with E-state index in [2.05, 4.69) is 5.32 Å². The fourth-order valence-corrected chi connectivity index (χ4v) is 4.88. The second-order valence-corrected chi connectivity index (χ2v) is 10.8. The zero-order chi connectivity index (χ0) is 21.2. The van der Waals surface area contributed by atoms with Crippen molar-refractivity contribution >= 4 is 31.5 Å². The quantitative estimate of drug-likeness (QED) is 0.741. The number of sulfonamides is 1. The monoisotopic (exact) mass is 438 g/mol. The smallest absolute Gasteiger partial charge is 0.242 e. The van der Waals surface area contributed by atoms with E-state index in [9.17, 15) is 21.6 Å². The summed E-state index contributed by atoms with van der Waals surface area (Å²) in [4.78, 5) is 12.7. The molecule has 1 amide bonds. The molecule has 156 valence electrons. The average molecular weight is 439 g/mol. The summed E-state index contributed by atoms with van der Waals surface area (Å²) in [5.41, 5.74) is 0.523. The second kappa shape index (κ2) is 8.13. The standard InChI is InChI=1S/C19H22N2O6S2/c1-28(23,24)17-11-9-16(10-12-17)27-15-7-5-14(6-8-15)20-19(22)18-4-3-13-21(18)29(2,25)26/h5-12,18H,3-4,13H2,1-2H3,(H,20,22)/t18-/m1/s1. The van der Waals surface area contributed by atoms with Crippen molar-refractivity contribution < 1.29 is 26.4 Å². The number of nitrogens with zero attached hydrogens (tertiary/aromatic N) is 1. The van der Waals surface area contributed by atoms with Crippen LogP contribution in [0.4, 0.5) is 5.69 Å². The SMILES string of the molecule is CS(=O)(=O)c1ccc(Oc2ccc(NC(=O)[C@H]3CCCN3S(C)(=O)=O)cc2)cc1. The first-order valence-corrected chi connectivity index (χ1v) is 12.6. The first-order chi connectivity index (χ1) is 13.5. The Bertz CT molecular complexity index is 1090. The molecule has 1 fully saturated rings. The molecule has 0 bridgehead atoms. The molecule has 0 aromatic heterocycles.